The average Bonchev–Trinajstić information content (AvgIpc) is 2.40. The molecule has 0 unspecified atom stereocenters. The number of anilines is 1. The SMILES string of the molecule is CCCNc1ccnc(Cn2ccc(=O)[nH]c2=O)c1. The van der Waals surface area contributed by atoms with Gasteiger partial charge in [-0.15, -0.1) is 0 Å². The highest BCUT2D eigenvalue weighted by molar-refractivity contribution is 5.43. The smallest absolute Gasteiger partial charge is 0.328 e. The number of hydrogen-bond acceptors (Lipinski definition) is 4. The van der Waals surface area contributed by atoms with Crippen molar-refractivity contribution in [3.8, 4) is 0 Å². The van der Waals surface area contributed by atoms with Crippen LogP contribution in [0.2, 0.25) is 0 Å². The van der Waals surface area contributed by atoms with Gasteiger partial charge in [0.05, 0.1) is 12.2 Å². The third-order valence-electron chi connectivity index (χ3n) is 2.62. The first-order valence-corrected chi connectivity index (χ1v) is 6.17. The van der Waals surface area contributed by atoms with Gasteiger partial charge in [0, 0.05) is 30.7 Å². The predicted molar refractivity (Wildman–Crippen MR) is 73.4 cm³/mol. The van der Waals surface area contributed by atoms with Gasteiger partial charge in [0.1, 0.15) is 0 Å². The largest absolute Gasteiger partial charge is 0.385 e. The van der Waals surface area contributed by atoms with Gasteiger partial charge in [-0.1, -0.05) is 6.92 Å². The maximum Gasteiger partial charge on any atom is 0.328 e. The van der Waals surface area contributed by atoms with Gasteiger partial charge in [0.15, 0.2) is 0 Å². The zero-order chi connectivity index (χ0) is 13.7. The second-order valence-electron chi connectivity index (χ2n) is 4.20. The molecule has 19 heavy (non-hydrogen) atoms. The van der Waals surface area contributed by atoms with E-state index in [4.69, 9.17) is 0 Å². The van der Waals surface area contributed by atoms with Crippen molar-refractivity contribution in [3.05, 3.63) is 57.1 Å². The fourth-order valence-corrected chi connectivity index (χ4v) is 1.69. The van der Waals surface area contributed by atoms with Crippen LogP contribution in [0.25, 0.3) is 0 Å². The topological polar surface area (TPSA) is 79.8 Å². The van der Waals surface area contributed by atoms with Crippen LogP contribution in [-0.4, -0.2) is 21.1 Å². The van der Waals surface area contributed by atoms with Crippen LogP contribution in [0.5, 0.6) is 0 Å². The lowest BCUT2D eigenvalue weighted by atomic mass is 10.3. The van der Waals surface area contributed by atoms with Crippen LogP contribution in [0, 0.1) is 0 Å². The van der Waals surface area contributed by atoms with Crippen LogP contribution in [0.15, 0.2) is 40.2 Å². The number of rotatable bonds is 5. The number of pyridine rings is 1. The summed E-state index contributed by atoms with van der Waals surface area (Å²) in [6.07, 6.45) is 4.20. The van der Waals surface area contributed by atoms with Crippen LogP contribution in [0.4, 0.5) is 5.69 Å². The Hall–Kier alpha value is -2.37. The number of aromatic nitrogens is 3. The molecule has 0 bridgehead atoms. The highest BCUT2D eigenvalue weighted by atomic mass is 16.2. The number of hydrogen-bond donors (Lipinski definition) is 2. The number of nitrogens with one attached hydrogen (secondary N) is 2. The van der Waals surface area contributed by atoms with Crippen molar-refractivity contribution in [3.63, 3.8) is 0 Å². The zero-order valence-electron chi connectivity index (χ0n) is 10.7. The molecule has 0 aromatic carbocycles. The molecule has 2 aromatic heterocycles. The van der Waals surface area contributed by atoms with E-state index in [1.54, 1.807) is 6.20 Å². The molecule has 0 aliphatic carbocycles. The van der Waals surface area contributed by atoms with Gasteiger partial charge in [-0.3, -0.25) is 19.3 Å². The maximum atomic E-state index is 11.6. The van der Waals surface area contributed by atoms with E-state index in [1.807, 2.05) is 12.1 Å². The number of nitrogens with zero attached hydrogens (tertiary/aromatic N) is 2. The lowest BCUT2D eigenvalue weighted by molar-refractivity contribution is 0.705. The van der Waals surface area contributed by atoms with Crippen molar-refractivity contribution < 1.29 is 0 Å². The fraction of sp³-hybridized carbons (Fsp3) is 0.308. The molecular formula is C13H16N4O2. The third kappa shape index (κ3) is 3.54. The molecule has 0 aliphatic heterocycles. The van der Waals surface area contributed by atoms with Gasteiger partial charge in [-0.2, -0.15) is 0 Å². The summed E-state index contributed by atoms with van der Waals surface area (Å²) in [7, 11) is 0. The van der Waals surface area contributed by atoms with Crippen LogP contribution in [0.1, 0.15) is 19.0 Å². The second kappa shape index (κ2) is 5.99. The van der Waals surface area contributed by atoms with E-state index >= 15 is 0 Å². The van der Waals surface area contributed by atoms with Gasteiger partial charge < -0.3 is 5.32 Å². The second-order valence-corrected chi connectivity index (χ2v) is 4.20. The molecule has 0 spiro atoms. The lowest BCUT2D eigenvalue weighted by Crippen LogP contribution is -2.29. The average molecular weight is 260 g/mol. The van der Waals surface area contributed by atoms with Crippen molar-refractivity contribution in [2.45, 2.75) is 19.9 Å². The predicted octanol–water partition coefficient (Wildman–Crippen LogP) is 0.802. The molecule has 0 saturated heterocycles. The normalized spacial score (nSPS) is 10.4. The van der Waals surface area contributed by atoms with Crippen LogP contribution in [0.3, 0.4) is 0 Å². The molecule has 0 aliphatic rings. The molecule has 2 aromatic rings. The summed E-state index contributed by atoms with van der Waals surface area (Å²) in [6, 6.07) is 5.10. The summed E-state index contributed by atoms with van der Waals surface area (Å²) in [4.78, 5) is 29.0. The van der Waals surface area contributed by atoms with Gasteiger partial charge in [0.25, 0.3) is 5.56 Å². The van der Waals surface area contributed by atoms with Gasteiger partial charge in [-0.05, 0) is 18.6 Å². The molecule has 0 atom stereocenters. The standard InChI is InChI=1S/C13H16N4O2/c1-2-5-14-10-3-6-15-11(8-10)9-17-7-4-12(18)16-13(17)19/h3-4,6-8H,2,5,9H2,1H3,(H,14,15)(H,16,18,19). The summed E-state index contributed by atoms with van der Waals surface area (Å²) < 4.78 is 1.41. The molecule has 2 N–H and O–H groups in total. The molecule has 100 valence electrons. The van der Waals surface area contributed by atoms with Crippen LogP contribution < -0.4 is 16.6 Å². The monoisotopic (exact) mass is 260 g/mol. The van der Waals surface area contributed by atoms with E-state index in [1.165, 1.54) is 16.8 Å². The summed E-state index contributed by atoms with van der Waals surface area (Å²) >= 11 is 0. The van der Waals surface area contributed by atoms with Crippen molar-refractivity contribution in [1.29, 1.82) is 0 Å². The quantitative estimate of drug-likeness (QED) is 0.833. The maximum absolute atomic E-state index is 11.6. The van der Waals surface area contributed by atoms with Crippen LogP contribution in [-0.2, 0) is 6.54 Å². The van der Waals surface area contributed by atoms with Crippen molar-refractivity contribution in [2.24, 2.45) is 0 Å². The summed E-state index contributed by atoms with van der Waals surface area (Å²) in [5.41, 5.74) is 0.911. The molecule has 0 saturated carbocycles. The molecule has 0 radical (unpaired) electrons. The van der Waals surface area contributed by atoms with Gasteiger partial charge in [0.2, 0.25) is 0 Å². The first kappa shape index (κ1) is 13.1. The minimum Gasteiger partial charge on any atom is -0.385 e. The molecule has 2 heterocycles. The summed E-state index contributed by atoms with van der Waals surface area (Å²) in [5, 5.41) is 3.26. The van der Waals surface area contributed by atoms with Crippen molar-refractivity contribution in [1.82, 2.24) is 14.5 Å². The van der Waals surface area contributed by atoms with Crippen molar-refractivity contribution >= 4 is 5.69 Å². The fourth-order valence-electron chi connectivity index (χ4n) is 1.69. The minimum atomic E-state index is -0.429. The first-order valence-electron chi connectivity index (χ1n) is 6.17. The van der Waals surface area contributed by atoms with E-state index in [0.717, 1.165) is 24.3 Å². The summed E-state index contributed by atoms with van der Waals surface area (Å²) in [6.45, 7) is 3.31. The minimum absolute atomic E-state index is 0.331. The molecule has 6 nitrogen and oxygen atoms in total. The van der Waals surface area contributed by atoms with Crippen molar-refractivity contribution in [2.75, 3.05) is 11.9 Å². The van der Waals surface area contributed by atoms with E-state index < -0.39 is 11.2 Å². The Morgan fingerprint density at radius 1 is 1.37 bits per heavy atom. The van der Waals surface area contributed by atoms with Gasteiger partial charge >= 0.3 is 5.69 Å². The molecule has 6 heteroatoms. The Morgan fingerprint density at radius 2 is 2.21 bits per heavy atom. The van der Waals surface area contributed by atoms with Crippen LogP contribution >= 0.6 is 0 Å². The van der Waals surface area contributed by atoms with E-state index in [9.17, 15) is 9.59 Å². The first-order chi connectivity index (χ1) is 9.19. The molecular weight excluding hydrogens is 244 g/mol. The zero-order valence-corrected chi connectivity index (χ0v) is 10.7. The highest BCUT2D eigenvalue weighted by Crippen LogP contribution is 2.08. The van der Waals surface area contributed by atoms with E-state index in [0.29, 0.717) is 6.54 Å². The number of aromatic amines is 1. The van der Waals surface area contributed by atoms with Gasteiger partial charge in [-0.25, -0.2) is 4.79 Å². The lowest BCUT2D eigenvalue weighted by Gasteiger charge is -2.07. The molecule has 2 rings (SSSR count). The molecule has 0 fully saturated rings. The Kier molecular flexibility index (Phi) is 4.12. The van der Waals surface area contributed by atoms with E-state index in [2.05, 4.69) is 22.2 Å². The third-order valence-corrected chi connectivity index (χ3v) is 2.62. The Morgan fingerprint density at radius 3 is 2.95 bits per heavy atom. The Bertz CT molecular complexity index is 660. The Balaban J connectivity index is 2.18. The molecule has 0 amide bonds. The summed E-state index contributed by atoms with van der Waals surface area (Å²) in [5.74, 6) is 0. The van der Waals surface area contributed by atoms with E-state index in [-0.39, 0.29) is 0 Å². The highest BCUT2D eigenvalue weighted by Gasteiger charge is 2.01. The number of H-pyrrole nitrogens is 1. The Labute approximate surface area is 110 Å².